The molecule has 154 valence electrons. The molecule has 0 aliphatic carbocycles. The molecule has 0 bridgehead atoms. The van der Waals surface area contributed by atoms with E-state index in [-0.39, 0.29) is 6.04 Å². The third-order valence-electron chi connectivity index (χ3n) is 4.34. The van der Waals surface area contributed by atoms with Crippen LogP contribution in [-0.2, 0) is 11.3 Å². The van der Waals surface area contributed by atoms with Gasteiger partial charge in [0.2, 0.25) is 0 Å². The third kappa shape index (κ3) is 6.32. The second-order valence-corrected chi connectivity index (χ2v) is 8.78. The van der Waals surface area contributed by atoms with Crippen molar-refractivity contribution in [3.8, 4) is 0 Å². The molecule has 1 aromatic heterocycles. The maximum absolute atomic E-state index is 11.9. The number of aromatic nitrogens is 1. The number of hydrazine groups is 1. The number of hydrogen-bond acceptors (Lipinski definition) is 4. The summed E-state index contributed by atoms with van der Waals surface area (Å²) >= 11 is 3.51. The first-order chi connectivity index (χ1) is 13.8. The standard InChI is InChI=1S/C22H27BrN4O2/c1-22(2,3)29-21(28)27-26-14-20(24-12-15-7-5-4-6-8-15)18-13-25-19-11-16(23)9-10-17(18)19/h4-11,13,20,24-26H,12,14H2,1-3H3,(H,27,28). The number of aromatic amines is 1. The lowest BCUT2D eigenvalue weighted by Gasteiger charge is -2.22. The van der Waals surface area contributed by atoms with Gasteiger partial charge in [0.05, 0.1) is 0 Å². The fraction of sp³-hybridized carbons (Fsp3) is 0.318. The molecule has 0 aliphatic heterocycles. The number of ether oxygens (including phenoxy) is 1. The number of halogens is 1. The van der Waals surface area contributed by atoms with Crippen LogP contribution in [0.25, 0.3) is 10.9 Å². The summed E-state index contributed by atoms with van der Waals surface area (Å²) < 4.78 is 6.30. The first kappa shape index (κ1) is 21.4. The van der Waals surface area contributed by atoms with Gasteiger partial charge < -0.3 is 15.0 Å². The number of fused-ring (bicyclic) bond motifs is 1. The molecule has 6 nitrogen and oxygen atoms in total. The Hall–Kier alpha value is -2.35. The van der Waals surface area contributed by atoms with Gasteiger partial charge in [0.1, 0.15) is 5.60 Å². The minimum absolute atomic E-state index is 0.0277. The zero-order valence-electron chi connectivity index (χ0n) is 16.9. The largest absolute Gasteiger partial charge is 0.443 e. The number of carbonyl (C=O) groups excluding carboxylic acids is 1. The van der Waals surface area contributed by atoms with Gasteiger partial charge in [-0.25, -0.2) is 10.2 Å². The lowest BCUT2D eigenvalue weighted by molar-refractivity contribution is 0.0496. The molecule has 0 aliphatic rings. The predicted molar refractivity (Wildman–Crippen MR) is 119 cm³/mol. The van der Waals surface area contributed by atoms with Crippen LogP contribution in [0, 0.1) is 0 Å². The van der Waals surface area contributed by atoms with Gasteiger partial charge in [-0.2, -0.15) is 0 Å². The van der Waals surface area contributed by atoms with E-state index in [1.165, 1.54) is 5.56 Å². The van der Waals surface area contributed by atoms with E-state index in [0.29, 0.717) is 13.1 Å². The zero-order chi connectivity index (χ0) is 20.9. The quantitative estimate of drug-likeness (QED) is 0.383. The van der Waals surface area contributed by atoms with E-state index in [1.807, 2.05) is 51.2 Å². The molecular weight excluding hydrogens is 432 g/mol. The minimum Gasteiger partial charge on any atom is -0.443 e. The Bertz CT molecular complexity index is 950. The van der Waals surface area contributed by atoms with Crippen molar-refractivity contribution >= 4 is 32.9 Å². The van der Waals surface area contributed by atoms with Gasteiger partial charge in [-0.3, -0.25) is 5.43 Å². The molecule has 1 heterocycles. The van der Waals surface area contributed by atoms with E-state index in [1.54, 1.807) is 0 Å². The van der Waals surface area contributed by atoms with E-state index in [2.05, 4.69) is 61.3 Å². The first-order valence-electron chi connectivity index (χ1n) is 9.57. The average Bonchev–Trinajstić information content (AvgIpc) is 3.06. The van der Waals surface area contributed by atoms with E-state index >= 15 is 0 Å². The molecule has 1 atom stereocenters. The van der Waals surface area contributed by atoms with E-state index in [0.717, 1.165) is 20.9 Å². The van der Waals surface area contributed by atoms with Crippen molar-refractivity contribution in [3.05, 3.63) is 70.3 Å². The Balaban J connectivity index is 1.71. The van der Waals surface area contributed by atoms with Crippen LogP contribution in [0.5, 0.6) is 0 Å². The van der Waals surface area contributed by atoms with Crippen LogP contribution in [-0.4, -0.2) is 23.2 Å². The molecule has 0 spiro atoms. The lowest BCUT2D eigenvalue weighted by Crippen LogP contribution is -2.44. The number of amides is 1. The van der Waals surface area contributed by atoms with Crippen LogP contribution in [0.3, 0.4) is 0 Å². The molecule has 0 fully saturated rings. The van der Waals surface area contributed by atoms with E-state index in [4.69, 9.17) is 4.74 Å². The van der Waals surface area contributed by atoms with E-state index in [9.17, 15) is 4.79 Å². The van der Waals surface area contributed by atoms with Crippen molar-refractivity contribution in [2.24, 2.45) is 0 Å². The van der Waals surface area contributed by atoms with Gasteiger partial charge in [0.15, 0.2) is 0 Å². The summed E-state index contributed by atoms with van der Waals surface area (Å²) in [6.07, 6.45) is 1.51. The topological polar surface area (TPSA) is 78.2 Å². The molecule has 7 heteroatoms. The van der Waals surface area contributed by atoms with Gasteiger partial charge in [0.25, 0.3) is 0 Å². The number of H-pyrrole nitrogens is 1. The molecule has 0 saturated carbocycles. The van der Waals surface area contributed by atoms with Crippen LogP contribution in [0.2, 0.25) is 0 Å². The van der Waals surface area contributed by atoms with Crippen LogP contribution in [0.15, 0.2) is 59.2 Å². The van der Waals surface area contributed by atoms with Crippen molar-refractivity contribution in [1.29, 1.82) is 0 Å². The number of carbonyl (C=O) groups is 1. The average molecular weight is 459 g/mol. The SMILES string of the molecule is CC(C)(C)OC(=O)NNCC(NCc1ccccc1)c1c[nH]c2cc(Br)ccc12. The molecule has 0 saturated heterocycles. The predicted octanol–water partition coefficient (Wildman–Crippen LogP) is 4.79. The Kier molecular flexibility index (Phi) is 6.95. The summed E-state index contributed by atoms with van der Waals surface area (Å²) in [6, 6.07) is 16.4. The zero-order valence-corrected chi connectivity index (χ0v) is 18.5. The van der Waals surface area contributed by atoms with Crippen molar-refractivity contribution < 1.29 is 9.53 Å². The fourth-order valence-electron chi connectivity index (χ4n) is 3.07. The minimum atomic E-state index is -0.541. The Morgan fingerprint density at radius 2 is 1.93 bits per heavy atom. The molecule has 0 radical (unpaired) electrons. The van der Waals surface area contributed by atoms with Gasteiger partial charge in [-0.05, 0) is 44.0 Å². The Morgan fingerprint density at radius 3 is 2.66 bits per heavy atom. The highest BCUT2D eigenvalue weighted by Crippen LogP contribution is 2.26. The number of benzene rings is 2. The first-order valence-corrected chi connectivity index (χ1v) is 10.4. The molecule has 1 amide bonds. The second kappa shape index (κ2) is 9.43. The highest BCUT2D eigenvalue weighted by atomic mass is 79.9. The molecule has 2 aromatic carbocycles. The smallest absolute Gasteiger partial charge is 0.422 e. The number of rotatable bonds is 7. The number of nitrogens with one attached hydrogen (secondary N) is 4. The molecule has 4 N–H and O–H groups in total. The summed E-state index contributed by atoms with van der Waals surface area (Å²) in [7, 11) is 0. The van der Waals surface area contributed by atoms with Crippen molar-refractivity contribution in [3.63, 3.8) is 0 Å². The lowest BCUT2D eigenvalue weighted by atomic mass is 10.1. The molecule has 3 aromatic rings. The Morgan fingerprint density at radius 1 is 1.17 bits per heavy atom. The van der Waals surface area contributed by atoms with Gasteiger partial charge in [-0.1, -0.05) is 52.3 Å². The van der Waals surface area contributed by atoms with Gasteiger partial charge in [0, 0.05) is 40.7 Å². The van der Waals surface area contributed by atoms with E-state index < -0.39 is 11.7 Å². The van der Waals surface area contributed by atoms with Crippen LogP contribution in [0.4, 0.5) is 4.79 Å². The molecule has 1 unspecified atom stereocenters. The summed E-state index contributed by atoms with van der Waals surface area (Å²) in [5, 5.41) is 4.72. The van der Waals surface area contributed by atoms with Crippen molar-refractivity contribution in [2.75, 3.05) is 6.54 Å². The Labute approximate surface area is 179 Å². The highest BCUT2D eigenvalue weighted by molar-refractivity contribution is 9.10. The summed E-state index contributed by atoms with van der Waals surface area (Å²) in [6.45, 7) is 6.71. The molecule has 29 heavy (non-hydrogen) atoms. The van der Waals surface area contributed by atoms with Crippen LogP contribution < -0.4 is 16.2 Å². The monoisotopic (exact) mass is 458 g/mol. The highest BCUT2D eigenvalue weighted by Gasteiger charge is 2.18. The maximum atomic E-state index is 11.9. The molecular formula is C22H27BrN4O2. The second-order valence-electron chi connectivity index (χ2n) is 7.86. The van der Waals surface area contributed by atoms with Crippen molar-refractivity contribution in [1.82, 2.24) is 21.2 Å². The van der Waals surface area contributed by atoms with Gasteiger partial charge >= 0.3 is 6.09 Å². The van der Waals surface area contributed by atoms with Crippen molar-refractivity contribution in [2.45, 2.75) is 39.0 Å². The van der Waals surface area contributed by atoms with Gasteiger partial charge in [-0.15, -0.1) is 0 Å². The fourth-order valence-corrected chi connectivity index (χ4v) is 3.43. The summed E-state index contributed by atoms with van der Waals surface area (Å²) in [4.78, 5) is 15.3. The number of hydrogen-bond donors (Lipinski definition) is 4. The normalized spacial score (nSPS) is 12.7. The van der Waals surface area contributed by atoms with Crippen LogP contribution in [0.1, 0.15) is 37.9 Å². The maximum Gasteiger partial charge on any atom is 0.422 e. The summed E-state index contributed by atoms with van der Waals surface area (Å²) in [5.41, 5.74) is 8.45. The summed E-state index contributed by atoms with van der Waals surface area (Å²) in [5.74, 6) is 0. The molecule has 3 rings (SSSR count). The third-order valence-corrected chi connectivity index (χ3v) is 4.84. The van der Waals surface area contributed by atoms with Crippen LogP contribution >= 0.6 is 15.9 Å².